The molecule has 0 aliphatic heterocycles. The van der Waals surface area contributed by atoms with Gasteiger partial charge in [0.2, 0.25) is 5.91 Å². The van der Waals surface area contributed by atoms with Crippen LogP contribution in [0.15, 0.2) is 48.5 Å². The molecule has 33 heavy (non-hydrogen) atoms. The lowest BCUT2D eigenvalue weighted by Gasteiger charge is -2.18. The number of ether oxygens (including phenoxy) is 1. The number of aliphatic carboxylic acids is 1. The number of fused-ring (bicyclic) bond motifs is 3. The molecule has 5 N–H and O–H groups in total. The van der Waals surface area contributed by atoms with Crippen LogP contribution in [0, 0.1) is 0 Å². The molecule has 1 unspecified atom stereocenters. The van der Waals surface area contributed by atoms with Gasteiger partial charge in [0, 0.05) is 13.0 Å². The summed E-state index contributed by atoms with van der Waals surface area (Å²) in [5.41, 5.74) is 8.19. The lowest BCUT2D eigenvalue weighted by Crippen LogP contribution is -2.54. The lowest BCUT2D eigenvalue weighted by molar-refractivity contribution is -0.151. The van der Waals surface area contributed by atoms with E-state index < -0.39 is 42.2 Å². The molecule has 0 heterocycles. The summed E-state index contributed by atoms with van der Waals surface area (Å²) in [7, 11) is 1.31. The van der Waals surface area contributed by atoms with E-state index in [9.17, 15) is 24.0 Å². The summed E-state index contributed by atoms with van der Waals surface area (Å²) in [5, 5.41) is 12.9. The molecule has 1 aliphatic rings. The molecule has 0 spiro atoms. The second-order valence-corrected chi connectivity index (χ2v) is 7.15. The molecule has 1 atom stereocenters. The number of carbonyl (C=O) groups excluding carboxylic acids is 4. The molecule has 4 amide bonds. The standard InChI is InChI=1S/C22H22N4O7/c1-23-18(27)10-17(24-20(29)21(30)31)19(28)25-26-22(32)33-11-16-14-8-4-2-6-12(14)13-7-3-5-9-15(13)16/h2-9,16-17H,10-11H2,1H3,(H,23,27)(H,24,29)(H,25,28)(H,26,32)(H,30,31). The maximum absolute atomic E-state index is 12.3. The number of benzene rings is 2. The predicted octanol–water partition coefficient (Wildman–Crippen LogP) is 0.262. The molecule has 0 saturated carbocycles. The molecule has 0 fully saturated rings. The molecule has 0 saturated heterocycles. The first kappa shape index (κ1) is 23.3. The molecule has 0 radical (unpaired) electrons. The van der Waals surface area contributed by atoms with Crippen LogP contribution in [0.25, 0.3) is 11.1 Å². The van der Waals surface area contributed by atoms with Gasteiger partial charge in [0.15, 0.2) is 0 Å². The molecule has 172 valence electrons. The van der Waals surface area contributed by atoms with Gasteiger partial charge in [0.05, 0.1) is 6.42 Å². The van der Waals surface area contributed by atoms with Crippen LogP contribution >= 0.6 is 0 Å². The topological polar surface area (TPSA) is 163 Å². The Bertz CT molecular complexity index is 1060. The fourth-order valence-electron chi connectivity index (χ4n) is 3.55. The number of hydrazine groups is 1. The first-order chi connectivity index (χ1) is 15.8. The van der Waals surface area contributed by atoms with E-state index in [0.29, 0.717) is 0 Å². The summed E-state index contributed by atoms with van der Waals surface area (Å²) >= 11 is 0. The Hall–Kier alpha value is -4.41. The highest BCUT2D eigenvalue weighted by atomic mass is 16.6. The smallest absolute Gasteiger partial charge is 0.426 e. The number of amides is 4. The summed E-state index contributed by atoms with van der Waals surface area (Å²) in [6.07, 6.45) is -1.50. The summed E-state index contributed by atoms with van der Waals surface area (Å²) in [6, 6.07) is 14.0. The van der Waals surface area contributed by atoms with Crippen molar-refractivity contribution >= 4 is 29.8 Å². The Labute approximate surface area is 188 Å². The molecule has 0 bridgehead atoms. The van der Waals surface area contributed by atoms with Crippen molar-refractivity contribution in [3.63, 3.8) is 0 Å². The fourth-order valence-corrected chi connectivity index (χ4v) is 3.55. The van der Waals surface area contributed by atoms with E-state index in [-0.39, 0.29) is 12.5 Å². The highest BCUT2D eigenvalue weighted by molar-refractivity contribution is 6.32. The minimum absolute atomic E-state index is 0.00709. The second kappa shape index (κ2) is 10.3. The Kier molecular flexibility index (Phi) is 7.24. The molecular weight excluding hydrogens is 432 g/mol. The van der Waals surface area contributed by atoms with E-state index in [0.717, 1.165) is 22.3 Å². The normalized spacial score (nSPS) is 12.5. The van der Waals surface area contributed by atoms with Gasteiger partial charge in [-0.15, -0.1) is 0 Å². The first-order valence-electron chi connectivity index (χ1n) is 9.97. The summed E-state index contributed by atoms with van der Waals surface area (Å²) in [5.74, 6) is -5.10. The van der Waals surface area contributed by atoms with Gasteiger partial charge in [0.1, 0.15) is 12.6 Å². The van der Waals surface area contributed by atoms with E-state index in [1.807, 2.05) is 64.7 Å². The van der Waals surface area contributed by atoms with Crippen molar-refractivity contribution < 1.29 is 33.8 Å². The fraction of sp³-hybridized carbons (Fsp3) is 0.227. The van der Waals surface area contributed by atoms with Crippen LogP contribution in [0.4, 0.5) is 4.79 Å². The van der Waals surface area contributed by atoms with E-state index >= 15 is 0 Å². The molecule has 2 aromatic carbocycles. The number of hydrogen-bond donors (Lipinski definition) is 5. The number of carbonyl (C=O) groups is 5. The zero-order valence-electron chi connectivity index (χ0n) is 17.6. The number of carboxylic acid groups (broad SMARTS) is 1. The van der Waals surface area contributed by atoms with Gasteiger partial charge in [-0.25, -0.2) is 15.0 Å². The van der Waals surface area contributed by atoms with Gasteiger partial charge in [-0.3, -0.25) is 19.8 Å². The zero-order chi connectivity index (χ0) is 24.0. The van der Waals surface area contributed by atoms with Crippen molar-refractivity contribution in [3.05, 3.63) is 59.7 Å². The molecule has 11 heteroatoms. The van der Waals surface area contributed by atoms with Gasteiger partial charge in [-0.05, 0) is 22.3 Å². The van der Waals surface area contributed by atoms with Crippen LogP contribution in [0.3, 0.4) is 0 Å². The van der Waals surface area contributed by atoms with Crippen LogP contribution in [-0.2, 0) is 23.9 Å². The van der Waals surface area contributed by atoms with Crippen molar-refractivity contribution in [2.45, 2.75) is 18.4 Å². The maximum atomic E-state index is 12.3. The van der Waals surface area contributed by atoms with Crippen molar-refractivity contribution in [2.75, 3.05) is 13.7 Å². The van der Waals surface area contributed by atoms with Gasteiger partial charge in [0.25, 0.3) is 5.91 Å². The second-order valence-electron chi connectivity index (χ2n) is 7.15. The van der Waals surface area contributed by atoms with Crippen molar-refractivity contribution in [1.29, 1.82) is 0 Å². The minimum atomic E-state index is -1.82. The van der Waals surface area contributed by atoms with Crippen LogP contribution in [0.2, 0.25) is 0 Å². The Morgan fingerprint density at radius 3 is 2.06 bits per heavy atom. The first-order valence-corrected chi connectivity index (χ1v) is 9.97. The highest BCUT2D eigenvalue weighted by Crippen LogP contribution is 2.44. The molecule has 2 aromatic rings. The molecular formula is C22H22N4O7. The third-order valence-corrected chi connectivity index (χ3v) is 5.12. The summed E-state index contributed by atoms with van der Waals surface area (Å²) in [6.45, 7) is 0.00709. The number of nitrogens with one attached hydrogen (secondary N) is 4. The van der Waals surface area contributed by atoms with E-state index in [4.69, 9.17) is 9.84 Å². The number of carboxylic acids is 1. The van der Waals surface area contributed by atoms with Crippen LogP contribution in [0.1, 0.15) is 23.5 Å². The van der Waals surface area contributed by atoms with Crippen LogP contribution in [-0.4, -0.2) is 54.6 Å². The van der Waals surface area contributed by atoms with Crippen molar-refractivity contribution in [1.82, 2.24) is 21.5 Å². The lowest BCUT2D eigenvalue weighted by atomic mass is 9.98. The van der Waals surface area contributed by atoms with Gasteiger partial charge >= 0.3 is 18.0 Å². The molecule has 0 aromatic heterocycles. The monoisotopic (exact) mass is 454 g/mol. The Morgan fingerprint density at radius 1 is 0.939 bits per heavy atom. The Morgan fingerprint density at radius 2 is 1.52 bits per heavy atom. The van der Waals surface area contributed by atoms with Crippen molar-refractivity contribution in [2.24, 2.45) is 0 Å². The summed E-state index contributed by atoms with van der Waals surface area (Å²) < 4.78 is 5.27. The average molecular weight is 454 g/mol. The average Bonchev–Trinajstić information content (AvgIpc) is 3.14. The van der Waals surface area contributed by atoms with Crippen molar-refractivity contribution in [3.8, 4) is 11.1 Å². The molecule has 11 nitrogen and oxygen atoms in total. The number of rotatable bonds is 6. The zero-order valence-corrected chi connectivity index (χ0v) is 17.6. The molecule has 3 rings (SSSR count). The number of hydrogen-bond acceptors (Lipinski definition) is 6. The van der Waals surface area contributed by atoms with Gasteiger partial charge in [-0.2, -0.15) is 0 Å². The SMILES string of the molecule is CNC(=O)CC(NC(=O)C(=O)O)C(=O)NNC(=O)OCC1c2ccccc2-c2ccccc21. The van der Waals surface area contributed by atoms with Crippen LogP contribution < -0.4 is 21.5 Å². The maximum Gasteiger partial charge on any atom is 0.426 e. The third kappa shape index (κ3) is 5.45. The molecule has 1 aliphatic carbocycles. The van der Waals surface area contributed by atoms with Crippen LogP contribution in [0.5, 0.6) is 0 Å². The third-order valence-electron chi connectivity index (χ3n) is 5.12. The van der Waals surface area contributed by atoms with Gasteiger partial charge in [-0.1, -0.05) is 48.5 Å². The largest absolute Gasteiger partial charge is 0.474 e. The highest BCUT2D eigenvalue weighted by Gasteiger charge is 2.30. The van der Waals surface area contributed by atoms with E-state index in [1.54, 1.807) is 0 Å². The summed E-state index contributed by atoms with van der Waals surface area (Å²) in [4.78, 5) is 58.1. The van der Waals surface area contributed by atoms with E-state index in [1.165, 1.54) is 7.05 Å². The quantitative estimate of drug-likeness (QED) is 0.309. The van der Waals surface area contributed by atoms with Gasteiger partial charge < -0.3 is 20.5 Å². The predicted molar refractivity (Wildman–Crippen MR) is 115 cm³/mol. The Balaban J connectivity index is 1.58. The minimum Gasteiger partial charge on any atom is -0.474 e. The van der Waals surface area contributed by atoms with E-state index in [2.05, 4.69) is 5.32 Å².